The average molecular weight is 313 g/mol. The monoisotopic (exact) mass is 313 g/mol. The zero-order valence-electron chi connectivity index (χ0n) is 11.9. The number of nitrogens with zero attached hydrogens (tertiary/aromatic N) is 1. The van der Waals surface area contributed by atoms with Gasteiger partial charge < -0.3 is 9.84 Å². The Hall–Kier alpha value is -1.60. The van der Waals surface area contributed by atoms with Crippen molar-refractivity contribution in [2.45, 2.75) is 19.0 Å². The van der Waals surface area contributed by atoms with Crippen LogP contribution in [0.2, 0.25) is 0 Å². The maximum atomic E-state index is 11.6. The highest BCUT2D eigenvalue weighted by Crippen LogP contribution is 2.21. The van der Waals surface area contributed by atoms with Gasteiger partial charge in [0.25, 0.3) is 0 Å². The van der Waals surface area contributed by atoms with Crippen LogP contribution in [-0.2, 0) is 21.2 Å². The van der Waals surface area contributed by atoms with E-state index in [0.717, 1.165) is 5.56 Å². The van der Waals surface area contributed by atoms with Crippen molar-refractivity contribution in [1.29, 1.82) is 0 Å². The van der Waals surface area contributed by atoms with E-state index in [2.05, 4.69) is 0 Å². The summed E-state index contributed by atoms with van der Waals surface area (Å²) in [4.78, 5) is 12.7. The smallest absolute Gasteiger partial charge is 0.317 e. The molecule has 1 atom stereocenters. The minimum Gasteiger partial charge on any atom is -0.497 e. The van der Waals surface area contributed by atoms with Gasteiger partial charge in [-0.25, -0.2) is 8.42 Å². The van der Waals surface area contributed by atoms with E-state index in [1.165, 1.54) is 0 Å². The van der Waals surface area contributed by atoms with Crippen LogP contribution >= 0.6 is 0 Å². The van der Waals surface area contributed by atoms with Crippen LogP contribution in [0.4, 0.5) is 0 Å². The number of sulfone groups is 1. The van der Waals surface area contributed by atoms with E-state index in [1.54, 1.807) is 12.0 Å². The molecule has 0 aliphatic carbocycles. The first-order valence-electron chi connectivity index (χ1n) is 6.69. The molecule has 1 aliphatic rings. The second-order valence-electron chi connectivity index (χ2n) is 5.21. The van der Waals surface area contributed by atoms with Crippen LogP contribution in [0.5, 0.6) is 5.75 Å². The third-order valence-corrected chi connectivity index (χ3v) is 5.33. The minimum absolute atomic E-state index is 0.0320. The van der Waals surface area contributed by atoms with Crippen molar-refractivity contribution in [3.05, 3.63) is 29.8 Å². The molecular formula is C14H19NO5S. The number of carbonyl (C=O) groups is 1. The zero-order valence-corrected chi connectivity index (χ0v) is 12.7. The molecule has 0 radical (unpaired) electrons. The Balaban J connectivity index is 2.14. The van der Waals surface area contributed by atoms with Crippen LogP contribution in [0.25, 0.3) is 0 Å². The molecule has 7 heteroatoms. The summed E-state index contributed by atoms with van der Waals surface area (Å²) in [7, 11) is -1.47. The number of ether oxygens (including phenoxy) is 1. The lowest BCUT2D eigenvalue weighted by molar-refractivity contribution is -0.139. The Morgan fingerprint density at radius 2 is 2.24 bits per heavy atom. The summed E-state index contributed by atoms with van der Waals surface area (Å²) >= 11 is 0. The number of hydrogen-bond acceptors (Lipinski definition) is 5. The minimum atomic E-state index is -3.04. The Morgan fingerprint density at radius 1 is 1.48 bits per heavy atom. The average Bonchev–Trinajstić information content (AvgIpc) is 2.78. The van der Waals surface area contributed by atoms with Gasteiger partial charge in [-0.3, -0.25) is 9.69 Å². The maximum absolute atomic E-state index is 11.6. The summed E-state index contributed by atoms with van der Waals surface area (Å²) in [5, 5.41) is 9.04. The first kappa shape index (κ1) is 15.8. The van der Waals surface area contributed by atoms with Crippen LogP contribution in [0.3, 0.4) is 0 Å². The van der Waals surface area contributed by atoms with Gasteiger partial charge in [0.1, 0.15) is 5.75 Å². The van der Waals surface area contributed by atoms with Gasteiger partial charge in [-0.1, -0.05) is 12.1 Å². The Kier molecular flexibility index (Phi) is 4.84. The van der Waals surface area contributed by atoms with Crippen molar-refractivity contribution in [1.82, 2.24) is 4.90 Å². The largest absolute Gasteiger partial charge is 0.497 e. The quantitative estimate of drug-likeness (QED) is 0.835. The number of rotatable bonds is 6. The third-order valence-electron chi connectivity index (χ3n) is 3.58. The second-order valence-corrected chi connectivity index (χ2v) is 7.44. The van der Waals surface area contributed by atoms with Gasteiger partial charge in [0.2, 0.25) is 0 Å². The third kappa shape index (κ3) is 4.44. The number of carboxylic acid groups (broad SMARTS) is 1. The summed E-state index contributed by atoms with van der Waals surface area (Å²) in [6.07, 6.45) is 0.486. The molecule has 1 heterocycles. The van der Waals surface area contributed by atoms with E-state index in [4.69, 9.17) is 9.84 Å². The summed E-state index contributed by atoms with van der Waals surface area (Å²) in [6, 6.07) is 7.11. The molecule has 116 valence electrons. The highest BCUT2D eigenvalue weighted by atomic mass is 32.2. The predicted octanol–water partition coefficient (Wildman–Crippen LogP) is 0.769. The number of aliphatic carboxylic acids is 1. The highest BCUT2D eigenvalue weighted by Gasteiger charge is 2.33. The van der Waals surface area contributed by atoms with E-state index in [1.807, 2.05) is 24.3 Å². The molecule has 1 N–H and O–H groups in total. The lowest BCUT2D eigenvalue weighted by Gasteiger charge is -2.26. The SMILES string of the molecule is COc1cccc(CN(CC(=O)O)C2CCS(=O)(=O)C2)c1. The molecule has 1 aromatic rings. The molecule has 0 bridgehead atoms. The van der Waals surface area contributed by atoms with Gasteiger partial charge in [-0.2, -0.15) is 0 Å². The Morgan fingerprint density at radius 3 is 2.81 bits per heavy atom. The number of methoxy groups -OCH3 is 1. The lowest BCUT2D eigenvalue weighted by atomic mass is 10.1. The van der Waals surface area contributed by atoms with Crippen molar-refractivity contribution in [3.63, 3.8) is 0 Å². The number of benzene rings is 1. The molecular weight excluding hydrogens is 294 g/mol. The second kappa shape index (κ2) is 6.44. The fourth-order valence-electron chi connectivity index (χ4n) is 2.56. The van der Waals surface area contributed by atoms with Crippen LogP contribution in [0.15, 0.2) is 24.3 Å². The van der Waals surface area contributed by atoms with Crippen molar-refractivity contribution >= 4 is 15.8 Å². The first-order valence-corrected chi connectivity index (χ1v) is 8.51. The van der Waals surface area contributed by atoms with Gasteiger partial charge in [-0.05, 0) is 24.1 Å². The molecule has 1 fully saturated rings. The highest BCUT2D eigenvalue weighted by molar-refractivity contribution is 7.91. The predicted molar refractivity (Wildman–Crippen MR) is 78.1 cm³/mol. The molecule has 1 aliphatic heterocycles. The topological polar surface area (TPSA) is 83.9 Å². The van der Waals surface area contributed by atoms with E-state index in [0.29, 0.717) is 18.7 Å². The number of carboxylic acids is 1. The van der Waals surface area contributed by atoms with Crippen molar-refractivity contribution in [2.24, 2.45) is 0 Å². The summed E-state index contributed by atoms with van der Waals surface area (Å²) < 4.78 is 28.3. The van der Waals surface area contributed by atoms with Gasteiger partial charge >= 0.3 is 5.97 Å². The van der Waals surface area contributed by atoms with Crippen molar-refractivity contribution in [3.8, 4) is 5.75 Å². The van der Waals surface area contributed by atoms with Gasteiger partial charge in [-0.15, -0.1) is 0 Å². The summed E-state index contributed by atoms with van der Waals surface area (Å²) in [6.45, 7) is 0.223. The van der Waals surface area contributed by atoms with Crippen LogP contribution in [0.1, 0.15) is 12.0 Å². The van der Waals surface area contributed by atoms with Crippen LogP contribution in [-0.4, -0.2) is 55.6 Å². The molecule has 0 amide bonds. The Bertz CT molecular complexity index is 614. The molecule has 1 saturated heterocycles. The van der Waals surface area contributed by atoms with Crippen LogP contribution < -0.4 is 4.74 Å². The molecule has 2 rings (SSSR count). The molecule has 0 spiro atoms. The Labute approximate surface area is 124 Å². The first-order chi connectivity index (χ1) is 9.89. The maximum Gasteiger partial charge on any atom is 0.317 e. The fourth-order valence-corrected chi connectivity index (χ4v) is 4.32. The lowest BCUT2D eigenvalue weighted by Crippen LogP contribution is -2.39. The number of hydrogen-bond donors (Lipinski definition) is 1. The van der Waals surface area contributed by atoms with E-state index in [-0.39, 0.29) is 24.1 Å². The molecule has 6 nitrogen and oxygen atoms in total. The van der Waals surface area contributed by atoms with Crippen LogP contribution in [0, 0.1) is 0 Å². The van der Waals surface area contributed by atoms with Crippen molar-refractivity contribution < 1.29 is 23.1 Å². The molecule has 0 saturated carbocycles. The van der Waals surface area contributed by atoms with Gasteiger partial charge in [0.05, 0.1) is 25.2 Å². The molecule has 0 aromatic heterocycles. The summed E-state index contributed by atoms with van der Waals surface area (Å²) in [5.74, 6) is -0.0973. The normalized spacial score (nSPS) is 20.6. The fraction of sp³-hybridized carbons (Fsp3) is 0.500. The van der Waals surface area contributed by atoms with E-state index in [9.17, 15) is 13.2 Å². The molecule has 21 heavy (non-hydrogen) atoms. The summed E-state index contributed by atoms with van der Waals surface area (Å²) in [5.41, 5.74) is 0.903. The zero-order chi connectivity index (χ0) is 15.5. The standard InChI is InChI=1S/C14H19NO5S/c1-20-13-4-2-3-11(7-13)8-15(9-14(16)17)12-5-6-21(18,19)10-12/h2-4,7,12H,5-6,8-10H2,1H3,(H,16,17). The van der Waals surface area contributed by atoms with Crippen molar-refractivity contribution in [2.75, 3.05) is 25.2 Å². The van der Waals surface area contributed by atoms with E-state index >= 15 is 0 Å². The molecule has 1 unspecified atom stereocenters. The van der Waals surface area contributed by atoms with Gasteiger partial charge in [0.15, 0.2) is 9.84 Å². The molecule has 1 aromatic carbocycles. The van der Waals surface area contributed by atoms with E-state index < -0.39 is 15.8 Å². The van der Waals surface area contributed by atoms with Gasteiger partial charge in [0, 0.05) is 12.6 Å².